The smallest absolute Gasteiger partial charge is 0.146 e. The van der Waals surface area contributed by atoms with Crippen LogP contribution in [0.25, 0.3) is 0 Å². The normalized spacial score (nSPS) is 10.4. The van der Waals surface area contributed by atoms with E-state index in [1.165, 1.54) is 6.07 Å². The largest absolute Gasteiger partial charge is 0.496 e. The van der Waals surface area contributed by atoms with Gasteiger partial charge in [-0.25, -0.2) is 4.39 Å². The van der Waals surface area contributed by atoms with Gasteiger partial charge < -0.3 is 15.4 Å². The van der Waals surface area contributed by atoms with Crippen molar-refractivity contribution in [1.29, 1.82) is 0 Å². The molecule has 2 aromatic carbocycles. The maximum absolute atomic E-state index is 14.0. The molecule has 0 aliphatic heterocycles. The summed E-state index contributed by atoms with van der Waals surface area (Å²) >= 11 is 0. The van der Waals surface area contributed by atoms with Gasteiger partial charge in [-0.3, -0.25) is 0 Å². The van der Waals surface area contributed by atoms with Gasteiger partial charge in [-0.1, -0.05) is 30.3 Å². The van der Waals surface area contributed by atoms with Crippen LogP contribution in [0.15, 0.2) is 48.5 Å². The zero-order valence-corrected chi connectivity index (χ0v) is 12.3. The molecular formula is C17H21FN2O. The maximum atomic E-state index is 14.0. The van der Waals surface area contributed by atoms with Gasteiger partial charge in [0.25, 0.3) is 0 Å². The average Bonchev–Trinajstić information content (AvgIpc) is 2.52. The standard InChI is InChI=1S/C17H21FN2O/c1-21-17-10-5-2-7-14(17)13-20(12-6-11-19)16-9-4-3-8-15(16)18/h2-5,7-10H,6,11-13,19H2,1H3. The number of methoxy groups -OCH3 is 1. The zero-order valence-electron chi connectivity index (χ0n) is 12.3. The molecule has 0 heterocycles. The van der Waals surface area contributed by atoms with Crippen LogP contribution in [-0.2, 0) is 6.54 Å². The number of rotatable bonds is 7. The van der Waals surface area contributed by atoms with Gasteiger partial charge in [-0.15, -0.1) is 0 Å². The van der Waals surface area contributed by atoms with Crippen LogP contribution < -0.4 is 15.4 Å². The molecule has 4 heteroatoms. The molecule has 21 heavy (non-hydrogen) atoms. The van der Waals surface area contributed by atoms with Gasteiger partial charge in [0.15, 0.2) is 0 Å². The number of anilines is 1. The summed E-state index contributed by atoms with van der Waals surface area (Å²) in [6.45, 7) is 1.87. The molecule has 3 nitrogen and oxygen atoms in total. The van der Waals surface area contributed by atoms with Gasteiger partial charge in [0.2, 0.25) is 0 Å². The minimum absolute atomic E-state index is 0.218. The molecule has 0 unspecified atom stereocenters. The second-order valence-corrected chi connectivity index (χ2v) is 4.83. The van der Waals surface area contributed by atoms with Crippen molar-refractivity contribution < 1.29 is 9.13 Å². The van der Waals surface area contributed by atoms with Gasteiger partial charge in [-0.2, -0.15) is 0 Å². The van der Waals surface area contributed by atoms with Crippen LogP contribution >= 0.6 is 0 Å². The predicted octanol–water partition coefficient (Wildman–Crippen LogP) is 3.19. The van der Waals surface area contributed by atoms with Crippen molar-refractivity contribution in [1.82, 2.24) is 0 Å². The van der Waals surface area contributed by atoms with Gasteiger partial charge in [0.05, 0.1) is 12.8 Å². The number of nitrogens with two attached hydrogens (primary N) is 1. The lowest BCUT2D eigenvalue weighted by molar-refractivity contribution is 0.409. The molecular weight excluding hydrogens is 267 g/mol. The third kappa shape index (κ3) is 3.95. The molecule has 0 saturated carbocycles. The van der Waals surface area contributed by atoms with Crippen LogP contribution in [0.2, 0.25) is 0 Å². The quantitative estimate of drug-likeness (QED) is 0.850. The highest BCUT2D eigenvalue weighted by Crippen LogP contribution is 2.25. The van der Waals surface area contributed by atoms with Crippen molar-refractivity contribution in [2.45, 2.75) is 13.0 Å². The third-order valence-corrected chi connectivity index (χ3v) is 3.38. The van der Waals surface area contributed by atoms with Crippen molar-refractivity contribution in [2.75, 3.05) is 25.1 Å². The summed E-state index contributed by atoms with van der Waals surface area (Å²) in [6.07, 6.45) is 0.809. The van der Waals surface area contributed by atoms with E-state index >= 15 is 0 Å². The number of para-hydroxylation sites is 2. The highest BCUT2D eigenvalue weighted by Gasteiger charge is 2.13. The third-order valence-electron chi connectivity index (χ3n) is 3.38. The van der Waals surface area contributed by atoms with E-state index in [1.54, 1.807) is 19.2 Å². The Morgan fingerprint density at radius 3 is 2.52 bits per heavy atom. The van der Waals surface area contributed by atoms with Crippen LogP contribution in [0.5, 0.6) is 5.75 Å². The number of halogens is 1. The summed E-state index contributed by atoms with van der Waals surface area (Å²) < 4.78 is 19.4. The first-order chi connectivity index (χ1) is 10.3. The van der Waals surface area contributed by atoms with Crippen LogP contribution in [0, 0.1) is 5.82 Å². The molecule has 0 spiro atoms. The van der Waals surface area contributed by atoms with Gasteiger partial charge >= 0.3 is 0 Å². The Morgan fingerprint density at radius 2 is 1.81 bits per heavy atom. The fraction of sp³-hybridized carbons (Fsp3) is 0.294. The molecule has 0 bridgehead atoms. The lowest BCUT2D eigenvalue weighted by Gasteiger charge is -2.26. The minimum atomic E-state index is -0.218. The van der Waals surface area contributed by atoms with Crippen molar-refractivity contribution in [3.05, 3.63) is 59.9 Å². The van der Waals surface area contributed by atoms with Crippen LogP contribution in [0.3, 0.4) is 0 Å². The second-order valence-electron chi connectivity index (χ2n) is 4.83. The van der Waals surface area contributed by atoms with E-state index < -0.39 is 0 Å². The molecule has 0 radical (unpaired) electrons. The van der Waals surface area contributed by atoms with E-state index in [2.05, 4.69) is 0 Å². The summed E-state index contributed by atoms with van der Waals surface area (Å²) in [5.74, 6) is 0.594. The molecule has 2 aromatic rings. The minimum Gasteiger partial charge on any atom is -0.496 e. The molecule has 0 atom stereocenters. The van der Waals surface area contributed by atoms with Crippen LogP contribution in [0.1, 0.15) is 12.0 Å². The molecule has 2 N–H and O–H groups in total. The first-order valence-corrected chi connectivity index (χ1v) is 7.07. The Hall–Kier alpha value is -2.07. The average molecular weight is 288 g/mol. The Bertz CT molecular complexity index is 574. The van der Waals surface area contributed by atoms with Gasteiger partial charge in [0.1, 0.15) is 11.6 Å². The molecule has 0 aliphatic carbocycles. The molecule has 0 aliphatic rings. The van der Waals surface area contributed by atoms with Gasteiger partial charge in [-0.05, 0) is 31.2 Å². The molecule has 0 amide bonds. The number of hydrogen-bond donors (Lipinski definition) is 1. The number of nitrogens with zero attached hydrogens (tertiary/aromatic N) is 1. The van der Waals surface area contributed by atoms with Crippen LogP contribution in [-0.4, -0.2) is 20.2 Å². The highest BCUT2D eigenvalue weighted by atomic mass is 19.1. The van der Waals surface area contributed by atoms with Crippen molar-refractivity contribution in [3.63, 3.8) is 0 Å². The van der Waals surface area contributed by atoms with Gasteiger partial charge in [0, 0.05) is 18.7 Å². The van der Waals surface area contributed by atoms with E-state index in [-0.39, 0.29) is 5.82 Å². The fourth-order valence-electron chi connectivity index (χ4n) is 2.31. The zero-order chi connectivity index (χ0) is 15.1. The van der Waals surface area contributed by atoms with Crippen molar-refractivity contribution in [2.24, 2.45) is 5.73 Å². The van der Waals surface area contributed by atoms with E-state index in [0.717, 1.165) is 17.7 Å². The number of ether oxygens (including phenoxy) is 1. The first kappa shape index (κ1) is 15.3. The summed E-state index contributed by atoms with van der Waals surface area (Å²) in [5, 5.41) is 0. The van der Waals surface area contributed by atoms with E-state index in [9.17, 15) is 4.39 Å². The molecule has 0 fully saturated rings. The molecule has 0 saturated heterocycles. The lowest BCUT2D eigenvalue weighted by Crippen LogP contribution is -2.26. The first-order valence-electron chi connectivity index (χ1n) is 7.07. The number of benzene rings is 2. The summed E-state index contributed by atoms with van der Waals surface area (Å²) in [7, 11) is 1.64. The molecule has 0 aromatic heterocycles. The molecule has 2 rings (SSSR count). The fourth-order valence-corrected chi connectivity index (χ4v) is 2.31. The highest BCUT2D eigenvalue weighted by molar-refractivity contribution is 5.49. The Kier molecular flexibility index (Phi) is 5.58. The van der Waals surface area contributed by atoms with E-state index in [0.29, 0.717) is 25.3 Å². The Morgan fingerprint density at radius 1 is 1.10 bits per heavy atom. The van der Waals surface area contributed by atoms with E-state index in [4.69, 9.17) is 10.5 Å². The predicted molar refractivity (Wildman–Crippen MR) is 84.1 cm³/mol. The maximum Gasteiger partial charge on any atom is 0.146 e. The SMILES string of the molecule is COc1ccccc1CN(CCCN)c1ccccc1F. The van der Waals surface area contributed by atoms with E-state index in [1.807, 2.05) is 35.2 Å². The lowest BCUT2D eigenvalue weighted by atomic mass is 10.1. The Balaban J connectivity index is 2.26. The Labute approximate surface area is 125 Å². The topological polar surface area (TPSA) is 38.5 Å². The molecule has 112 valence electrons. The monoisotopic (exact) mass is 288 g/mol. The number of hydrogen-bond acceptors (Lipinski definition) is 3. The summed E-state index contributed by atoms with van der Waals surface area (Å²) in [5.41, 5.74) is 7.22. The summed E-state index contributed by atoms with van der Waals surface area (Å²) in [4.78, 5) is 2.00. The second kappa shape index (κ2) is 7.64. The van der Waals surface area contributed by atoms with Crippen molar-refractivity contribution in [3.8, 4) is 5.75 Å². The van der Waals surface area contributed by atoms with Crippen LogP contribution in [0.4, 0.5) is 10.1 Å². The summed E-state index contributed by atoms with van der Waals surface area (Å²) in [6, 6.07) is 14.6. The van der Waals surface area contributed by atoms with Crippen molar-refractivity contribution >= 4 is 5.69 Å².